The van der Waals surface area contributed by atoms with E-state index in [4.69, 9.17) is 4.74 Å². The first-order chi connectivity index (χ1) is 12.4. The van der Waals surface area contributed by atoms with Gasteiger partial charge in [-0.15, -0.1) is 0 Å². The number of imidazole rings is 1. The molecule has 0 atom stereocenters. The molecule has 5 nitrogen and oxygen atoms in total. The van der Waals surface area contributed by atoms with Gasteiger partial charge in [0.05, 0.1) is 18.0 Å². The van der Waals surface area contributed by atoms with Gasteiger partial charge in [-0.25, -0.2) is 9.78 Å². The molecule has 0 aliphatic heterocycles. The van der Waals surface area contributed by atoms with E-state index in [9.17, 15) is 4.79 Å². The maximum Gasteiger partial charge on any atom is 0.358 e. The van der Waals surface area contributed by atoms with Gasteiger partial charge >= 0.3 is 5.97 Å². The van der Waals surface area contributed by atoms with Crippen LogP contribution < -0.4 is 5.32 Å². The zero-order chi connectivity index (χ0) is 18.8. The Hall–Kier alpha value is -2.82. The van der Waals surface area contributed by atoms with Crippen molar-refractivity contribution in [1.82, 2.24) is 9.38 Å². The molecule has 0 aliphatic carbocycles. The fourth-order valence-electron chi connectivity index (χ4n) is 3.23. The van der Waals surface area contributed by atoms with E-state index < -0.39 is 0 Å². The van der Waals surface area contributed by atoms with Crippen LogP contribution in [0.1, 0.15) is 45.4 Å². The third kappa shape index (κ3) is 3.29. The molecule has 3 aromatic rings. The van der Waals surface area contributed by atoms with Crippen molar-refractivity contribution in [3.8, 4) is 0 Å². The lowest BCUT2D eigenvalue weighted by Crippen LogP contribution is -2.06. The average Bonchev–Trinajstić information content (AvgIpc) is 2.92. The number of anilines is 1. The molecule has 0 amide bonds. The van der Waals surface area contributed by atoms with Crippen LogP contribution in [0.3, 0.4) is 0 Å². The van der Waals surface area contributed by atoms with Crippen LogP contribution in [0.15, 0.2) is 30.5 Å². The summed E-state index contributed by atoms with van der Waals surface area (Å²) in [5, 5.41) is 3.50. The monoisotopic (exact) mass is 351 g/mol. The zero-order valence-electron chi connectivity index (χ0n) is 16.0. The lowest BCUT2D eigenvalue weighted by atomic mass is 10.0. The van der Waals surface area contributed by atoms with E-state index >= 15 is 0 Å². The summed E-state index contributed by atoms with van der Waals surface area (Å²) in [6, 6.07) is 8.37. The third-order valence-electron chi connectivity index (χ3n) is 4.66. The van der Waals surface area contributed by atoms with Gasteiger partial charge in [0.15, 0.2) is 11.3 Å². The molecule has 3 rings (SSSR count). The summed E-state index contributed by atoms with van der Waals surface area (Å²) in [5.74, 6) is -0.382. The minimum absolute atomic E-state index is 0.336. The van der Waals surface area contributed by atoms with Gasteiger partial charge in [0.1, 0.15) is 0 Å². The molecule has 0 bridgehead atoms. The Bertz CT molecular complexity index is 953. The Morgan fingerprint density at radius 2 is 1.88 bits per heavy atom. The Morgan fingerprint density at radius 3 is 2.54 bits per heavy atom. The number of nitrogens with zero attached hydrogens (tertiary/aromatic N) is 2. The summed E-state index contributed by atoms with van der Waals surface area (Å²) in [7, 11) is 0. The van der Waals surface area contributed by atoms with E-state index in [-0.39, 0.29) is 5.97 Å². The minimum atomic E-state index is -0.382. The number of benzene rings is 1. The van der Waals surface area contributed by atoms with Crippen LogP contribution >= 0.6 is 0 Å². The van der Waals surface area contributed by atoms with Gasteiger partial charge in [-0.2, -0.15) is 0 Å². The summed E-state index contributed by atoms with van der Waals surface area (Å²) >= 11 is 0. The molecular formula is C21H25N3O2. The standard InChI is InChI=1S/C21H25N3O2/c1-6-26-21(25)19-16(5)24-12-13(2)10-18(20(24)23-19)22-11-17-14(3)8-7-9-15(17)4/h7-10,12,22H,6,11H2,1-5H3. The highest BCUT2D eigenvalue weighted by molar-refractivity contribution is 5.90. The normalized spacial score (nSPS) is 11.0. The van der Waals surface area contributed by atoms with Crippen molar-refractivity contribution >= 4 is 17.3 Å². The number of esters is 1. The number of carbonyl (C=O) groups is 1. The Balaban J connectivity index is 2.00. The molecule has 5 heteroatoms. The summed E-state index contributed by atoms with van der Waals surface area (Å²) in [4.78, 5) is 16.7. The number of hydrogen-bond donors (Lipinski definition) is 1. The van der Waals surface area contributed by atoms with Gasteiger partial charge in [0.25, 0.3) is 0 Å². The number of pyridine rings is 1. The molecule has 1 N–H and O–H groups in total. The fraction of sp³-hybridized carbons (Fsp3) is 0.333. The van der Waals surface area contributed by atoms with E-state index in [1.165, 1.54) is 16.7 Å². The zero-order valence-corrected chi connectivity index (χ0v) is 16.0. The smallest absolute Gasteiger partial charge is 0.358 e. The lowest BCUT2D eigenvalue weighted by Gasteiger charge is -2.13. The maximum atomic E-state index is 12.2. The van der Waals surface area contributed by atoms with Gasteiger partial charge in [0.2, 0.25) is 0 Å². The minimum Gasteiger partial charge on any atom is -0.461 e. The second kappa shape index (κ2) is 7.20. The summed E-state index contributed by atoms with van der Waals surface area (Å²) in [6.45, 7) is 11.0. The van der Waals surface area contributed by atoms with Crippen molar-refractivity contribution in [3.05, 3.63) is 64.1 Å². The molecule has 26 heavy (non-hydrogen) atoms. The quantitative estimate of drug-likeness (QED) is 0.694. The second-order valence-corrected chi connectivity index (χ2v) is 6.61. The predicted molar refractivity (Wildman–Crippen MR) is 104 cm³/mol. The first-order valence-corrected chi connectivity index (χ1v) is 8.87. The number of hydrogen-bond acceptors (Lipinski definition) is 4. The molecular weight excluding hydrogens is 326 g/mol. The molecule has 2 aromatic heterocycles. The SMILES string of the molecule is CCOC(=O)c1nc2c(NCc3c(C)cccc3C)cc(C)cn2c1C. The number of nitrogens with one attached hydrogen (secondary N) is 1. The molecule has 0 fully saturated rings. The molecule has 0 aliphatic rings. The van der Waals surface area contributed by atoms with Crippen molar-refractivity contribution in [2.45, 2.75) is 41.2 Å². The molecule has 0 saturated carbocycles. The molecule has 136 valence electrons. The lowest BCUT2D eigenvalue weighted by molar-refractivity contribution is 0.0519. The van der Waals surface area contributed by atoms with E-state index in [0.717, 1.165) is 22.6 Å². The Labute approximate surface area is 154 Å². The topological polar surface area (TPSA) is 55.6 Å². The Morgan fingerprint density at radius 1 is 1.19 bits per heavy atom. The fourth-order valence-corrected chi connectivity index (χ4v) is 3.23. The molecule has 0 spiro atoms. The number of rotatable bonds is 5. The maximum absolute atomic E-state index is 12.2. The van der Waals surface area contributed by atoms with E-state index in [2.05, 4.69) is 48.4 Å². The highest BCUT2D eigenvalue weighted by atomic mass is 16.5. The highest BCUT2D eigenvalue weighted by Crippen LogP contribution is 2.24. The van der Waals surface area contributed by atoms with Crippen LogP contribution in [-0.2, 0) is 11.3 Å². The first kappa shape index (κ1) is 18.0. The molecule has 1 aromatic carbocycles. The number of fused-ring (bicyclic) bond motifs is 1. The van der Waals surface area contributed by atoms with Crippen molar-refractivity contribution < 1.29 is 9.53 Å². The second-order valence-electron chi connectivity index (χ2n) is 6.61. The van der Waals surface area contributed by atoms with Crippen molar-refractivity contribution in [1.29, 1.82) is 0 Å². The Kier molecular flexibility index (Phi) is 4.98. The van der Waals surface area contributed by atoms with Crippen LogP contribution in [0.25, 0.3) is 5.65 Å². The van der Waals surface area contributed by atoms with E-state index in [0.29, 0.717) is 18.8 Å². The first-order valence-electron chi connectivity index (χ1n) is 8.87. The average molecular weight is 351 g/mol. The van der Waals surface area contributed by atoms with Gasteiger partial charge < -0.3 is 14.5 Å². The predicted octanol–water partition coefficient (Wildman–Crippen LogP) is 4.36. The molecule has 0 radical (unpaired) electrons. The molecule has 0 saturated heterocycles. The summed E-state index contributed by atoms with van der Waals surface area (Å²) < 4.78 is 7.09. The molecule has 2 heterocycles. The van der Waals surface area contributed by atoms with Gasteiger partial charge in [0, 0.05) is 12.7 Å². The number of aryl methyl sites for hydroxylation is 4. The molecule has 0 unspecified atom stereocenters. The summed E-state index contributed by atoms with van der Waals surface area (Å²) in [5.41, 5.74) is 7.69. The number of ether oxygens (including phenoxy) is 1. The van der Waals surface area contributed by atoms with Crippen molar-refractivity contribution in [2.24, 2.45) is 0 Å². The third-order valence-corrected chi connectivity index (χ3v) is 4.66. The number of carbonyl (C=O) groups excluding carboxylic acids is 1. The highest BCUT2D eigenvalue weighted by Gasteiger charge is 2.19. The van der Waals surface area contributed by atoms with Crippen molar-refractivity contribution in [2.75, 3.05) is 11.9 Å². The van der Waals surface area contributed by atoms with E-state index in [1.54, 1.807) is 6.92 Å². The summed E-state index contributed by atoms with van der Waals surface area (Å²) in [6.07, 6.45) is 1.99. The van der Waals surface area contributed by atoms with Gasteiger partial charge in [-0.3, -0.25) is 0 Å². The van der Waals surface area contributed by atoms with Gasteiger partial charge in [-0.05, 0) is 62.9 Å². The van der Waals surface area contributed by atoms with Crippen LogP contribution in [0.5, 0.6) is 0 Å². The van der Waals surface area contributed by atoms with Crippen LogP contribution in [-0.4, -0.2) is 22.0 Å². The van der Waals surface area contributed by atoms with Crippen molar-refractivity contribution in [3.63, 3.8) is 0 Å². The number of aromatic nitrogens is 2. The van der Waals surface area contributed by atoms with Gasteiger partial charge in [-0.1, -0.05) is 18.2 Å². The van der Waals surface area contributed by atoms with Crippen LogP contribution in [0.2, 0.25) is 0 Å². The van der Waals surface area contributed by atoms with E-state index in [1.807, 2.05) is 24.4 Å². The largest absolute Gasteiger partial charge is 0.461 e. The van der Waals surface area contributed by atoms with Crippen LogP contribution in [0, 0.1) is 27.7 Å². The van der Waals surface area contributed by atoms with Crippen LogP contribution in [0.4, 0.5) is 5.69 Å².